The highest BCUT2D eigenvalue weighted by atomic mass is 16.5. The van der Waals surface area contributed by atoms with Gasteiger partial charge in [-0.2, -0.15) is 0 Å². The van der Waals surface area contributed by atoms with Crippen molar-refractivity contribution in [1.29, 1.82) is 0 Å². The van der Waals surface area contributed by atoms with Crippen molar-refractivity contribution in [3.05, 3.63) is 60.2 Å². The van der Waals surface area contributed by atoms with Crippen molar-refractivity contribution in [2.45, 2.75) is 33.1 Å². The number of para-hydroxylation sites is 2. The number of hydrogen-bond donors (Lipinski definition) is 1. The molecule has 0 saturated carbocycles. The second-order valence-corrected chi connectivity index (χ2v) is 9.00. The van der Waals surface area contributed by atoms with Gasteiger partial charge in [0.25, 0.3) is 0 Å². The maximum Gasteiger partial charge on any atom is 0.225 e. The molecule has 1 aliphatic heterocycles. The SMILES string of the molecule is COc1ccccc1CC(C)(C)C(=O)NCCCCN1CCN(c2ccccc2)CC1. The number of carbonyl (C=O) groups excluding carboxylic acids is 1. The molecule has 0 atom stereocenters. The van der Waals surface area contributed by atoms with Crippen molar-refractivity contribution in [3.63, 3.8) is 0 Å². The molecule has 1 aliphatic rings. The first-order chi connectivity index (χ1) is 15.0. The minimum Gasteiger partial charge on any atom is -0.496 e. The number of hydrogen-bond acceptors (Lipinski definition) is 4. The highest BCUT2D eigenvalue weighted by Crippen LogP contribution is 2.28. The van der Waals surface area contributed by atoms with Crippen LogP contribution >= 0.6 is 0 Å². The lowest BCUT2D eigenvalue weighted by atomic mass is 9.84. The van der Waals surface area contributed by atoms with E-state index < -0.39 is 5.41 Å². The monoisotopic (exact) mass is 423 g/mol. The molecule has 0 aromatic heterocycles. The van der Waals surface area contributed by atoms with Crippen LogP contribution < -0.4 is 15.0 Å². The summed E-state index contributed by atoms with van der Waals surface area (Å²) in [4.78, 5) is 17.7. The van der Waals surface area contributed by atoms with Gasteiger partial charge in [0.2, 0.25) is 5.91 Å². The number of nitrogens with zero attached hydrogens (tertiary/aromatic N) is 2. The minimum absolute atomic E-state index is 0.106. The molecular formula is C26H37N3O2. The first kappa shape index (κ1) is 23.1. The van der Waals surface area contributed by atoms with Gasteiger partial charge in [-0.15, -0.1) is 0 Å². The van der Waals surface area contributed by atoms with E-state index in [4.69, 9.17) is 4.74 Å². The Morgan fingerprint density at radius 1 is 0.968 bits per heavy atom. The largest absolute Gasteiger partial charge is 0.496 e. The van der Waals surface area contributed by atoms with Gasteiger partial charge in [-0.05, 0) is 49.6 Å². The number of carbonyl (C=O) groups is 1. The summed E-state index contributed by atoms with van der Waals surface area (Å²) in [6.07, 6.45) is 2.78. The zero-order valence-electron chi connectivity index (χ0n) is 19.3. The van der Waals surface area contributed by atoms with Gasteiger partial charge < -0.3 is 15.0 Å². The average molecular weight is 424 g/mol. The zero-order valence-corrected chi connectivity index (χ0v) is 19.3. The molecule has 2 aromatic carbocycles. The maximum absolute atomic E-state index is 12.7. The van der Waals surface area contributed by atoms with E-state index in [1.807, 2.05) is 38.1 Å². The van der Waals surface area contributed by atoms with E-state index in [1.54, 1.807) is 7.11 Å². The topological polar surface area (TPSA) is 44.8 Å². The highest BCUT2D eigenvalue weighted by Gasteiger charge is 2.28. The fourth-order valence-corrected chi connectivity index (χ4v) is 4.18. The van der Waals surface area contributed by atoms with Gasteiger partial charge in [0.05, 0.1) is 7.11 Å². The normalized spacial score (nSPS) is 15.0. The van der Waals surface area contributed by atoms with Gasteiger partial charge in [-0.3, -0.25) is 9.69 Å². The number of benzene rings is 2. The van der Waals surface area contributed by atoms with Gasteiger partial charge in [0, 0.05) is 43.8 Å². The molecule has 0 unspecified atom stereocenters. The molecule has 0 spiro atoms. The van der Waals surface area contributed by atoms with Gasteiger partial charge in [0.1, 0.15) is 5.75 Å². The van der Waals surface area contributed by atoms with Crippen molar-refractivity contribution in [3.8, 4) is 5.75 Å². The Hall–Kier alpha value is -2.53. The second-order valence-electron chi connectivity index (χ2n) is 9.00. The first-order valence-corrected chi connectivity index (χ1v) is 11.4. The fraction of sp³-hybridized carbons (Fsp3) is 0.500. The quantitative estimate of drug-likeness (QED) is 0.587. The Morgan fingerprint density at radius 2 is 1.65 bits per heavy atom. The Kier molecular flexibility index (Phi) is 8.35. The van der Waals surface area contributed by atoms with Crippen molar-refractivity contribution >= 4 is 11.6 Å². The third-order valence-corrected chi connectivity index (χ3v) is 6.12. The zero-order chi connectivity index (χ0) is 22.1. The van der Waals surface area contributed by atoms with Crippen LogP contribution in [-0.2, 0) is 11.2 Å². The summed E-state index contributed by atoms with van der Waals surface area (Å²) >= 11 is 0. The van der Waals surface area contributed by atoms with E-state index in [0.29, 0.717) is 6.42 Å². The average Bonchev–Trinajstić information content (AvgIpc) is 2.80. The molecule has 1 amide bonds. The first-order valence-electron chi connectivity index (χ1n) is 11.4. The third kappa shape index (κ3) is 6.73. The van der Waals surface area contributed by atoms with Gasteiger partial charge in [0.15, 0.2) is 0 Å². The summed E-state index contributed by atoms with van der Waals surface area (Å²) in [5, 5.41) is 3.14. The van der Waals surface area contributed by atoms with E-state index >= 15 is 0 Å². The molecule has 0 bridgehead atoms. The van der Waals surface area contributed by atoms with Gasteiger partial charge in [-0.25, -0.2) is 0 Å². The lowest BCUT2D eigenvalue weighted by molar-refractivity contribution is -0.129. The Balaban J connectivity index is 1.33. The summed E-state index contributed by atoms with van der Waals surface area (Å²) in [7, 11) is 1.67. The van der Waals surface area contributed by atoms with Crippen molar-refractivity contribution < 1.29 is 9.53 Å². The number of ether oxygens (including phenoxy) is 1. The van der Waals surface area contributed by atoms with Crippen molar-refractivity contribution in [2.75, 3.05) is 51.3 Å². The fourth-order valence-electron chi connectivity index (χ4n) is 4.18. The molecule has 0 aliphatic carbocycles. The van der Waals surface area contributed by atoms with Crippen molar-refractivity contribution in [2.24, 2.45) is 5.41 Å². The molecule has 168 valence electrons. The molecule has 2 aromatic rings. The lowest BCUT2D eigenvalue weighted by Gasteiger charge is -2.36. The van der Waals surface area contributed by atoms with E-state index in [1.165, 1.54) is 5.69 Å². The molecule has 1 N–H and O–H groups in total. The maximum atomic E-state index is 12.7. The molecule has 1 fully saturated rings. The Labute approximate surface area is 187 Å². The van der Waals surface area contributed by atoms with E-state index in [-0.39, 0.29) is 5.91 Å². The van der Waals surface area contributed by atoms with Gasteiger partial charge in [-0.1, -0.05) is 50.2 Å². The number of amides is 1. The highest BCUT2D eigenvalue weighted by molar-refractivity contribution is 5.82. The molecule has 3 rings (SSSR count). The molecule has 31 heavy (non-hydrogen) atoms. The van der Waals surface area contributed by atoms with E-state index in [2.05, 4.69) is 45.4 Å². The van der Waals surface area contributed by atoms with Crippen LogP contribution in [0.2, 0.25) is 0 Å². The summed E-state index contributed by atoms with van der Waals surface area (Å²) in [6.45, 7) is 10.2. The van der Waals surface area contributed by atoms with E-state index in [0.717, 1.165) is 63.4 Å². The summed E-state index contributed by atoms with van der Waals surface area (Å²) in [5.74, 6) is 0.950. The molecular weight excluding hydrogens is 386 g/mol. The molecule has 1 saturated heterocycles. The smallest absolute Gasteiger partial charge is 0.225 e. The van der Waals surface area contributed by atoms with Crippen molar-refractivity contribution in [1.82, 2.24) is 10.2 Å². The minimum atomic E-state index is -0.470. The van der Waals surface area contributed by atoms with Crippen LogP contribution in [0, 0.1) is 5.41 Å². The predicted molar refractivity (Wildman–Crippen MR) is 128 cm³/mol. The van der Waals surface area contributed by atoms with Crippen LogP contribution in [0.1, 0.15) is 32.3 Å². The number of unbranched alkanes of at least 4 members (excludes halogenated alkanes) is 1. The van der Waals surface area contributed by atoms with E-state index in [9.17, 15) is 4.79 Å². The number of methoxy groups -OCH3 is 1. The van der Waals surface area contributed by atoms with Crippen LogP contribution in [0.4, 0.5) is 5.69 Å². The van der Waals surface area contributed by atoms with Crippen LogP contribution in [0.3, 0.4) is 0 Å². The molecule has 1 heterocycles. The lowest BCUT2D eigenvalue weighted by Crippen LogP contribution is -2.46. The summed E-state index contributed by atoms with van der Waals surface area (Å²) < 4.78 is 5.43. The van der Waals surface area contributed by atoms with Crippen LogP contribution in [0.15, 0.2) is 54.6 Å². The summed E-state index contributed by atoms with van der Waals surface area (Å²) in [6, 6.07) is 18.6. The molecule has 5 nitrogen and oxygen atoms in total. The van der Waals surface area contributed by atoms with Crippen LogP contribution in [0.25, 0.3) is 0 Å². The number of piperazine rings is 1. The third-order valence-electron chi connectivity index (χ3n) is 6.12. The Bertz CT molecular complexity index is 814. The number of rotatable bonds is 10. The second kappa shape index (κ2) is 11.2. The van der Waals surface area contributed by atoms with Gasteiger partial charge >= 0.3 is 0 Å². The molecule has 5 heteroatoms. The number of anilines is 1. The van der Waals surface area contributed by atoms with Crippen LogP contribution in [0.5, 0.6) is 5.75 Å². The Morgan fingerprint density at radius 3 is 2.35 bits per heavy atom. The molecule has 0 radical (unpaired) electrons. The number of nitrogens with one attached hydrogen (secondary N) is 1. The standard InChI is InChI=1S/C26H37N3O2/c1-26(2,21-22-11-7-8-14-24(22)31-3)25(30)27-15-9-10-16-28-17-19-29(20-18-28)23-12-5-4-6-13-23/h4-8,11-14H,9-10,15-21H2,1-3H3,(H,27,30). The van der Waals surface area contributed by atoms with Crippen LogP contribution in [-0.4, -0.2) is 57.2 Å². The summed E-state index contributed by atoms with van der Waals surface area (Å²) in [5.41, 5.74) is 1.92. The predicted octanol–water partition coefficient (Wildman–Crippen LogP) is 3.98.